The number of benzene rings is 1. The van der Waals surface area contributed by atoms with Crippen LogP contribution in [0.4, 0.5) is 0 Å². The SMILES string of the molecule is CCCCCCCCC(N)c1c(CC)oc2ccccc12. The third kappa shape index (κ3) is 4.10. The maximum absolute atomic E-state index is 6.46. The second kappa shape index (κ2) is 8.23. The first-order valence-corrected chi connectivity index (χ1v) is 8.53. The first-order chi connectivity index (χ1) is 10.3. The first kappa shape index (κ1) is 16.1. The molecule has 1 aromatic heterocycles. The van der Waals surface area contributed by atoms with Crippen LogP contribution in [0.1, 0.15) is 76.2 Å². The summed E-state index contributed by atoms with van der Waals surface area (Å²) in [5, 5.41) is 1.20. The summed E-state index contributed by atoms with van der Waals surface area (Å²) in [4.78, 5) is 0. The van der Waals surface area contributed by atoms with E-state index in [1.807, 2.05) is 12.1 Å². The Hall–Kier alpha value is -1.28. The molecule has 0 saturated heterocycles. The van der Waals surface area contributed by atoms with Gasteiger partial charge >= 0.3 is 0 Å². The molecule has 1 unspecified atom stereocenters. The molecule has 0 amide bonds. The topological polar surface area (TPSA) is 39.2 Å². The number of hydrogen-bond acceptors (Lipinski definition) is 2. The van der Waals surface area contributed by atoms with Gasteiger partial charge in [-0.3, -0.25) is 0 Å². The Balaban J connectivity index is 1.97. The predicted molar refractivity (Wildman–Crippen MR) is 90.5 cm³/mol. The second-order valence-electron chi connectivity index (χ2n) is 5.95. The van der Waals surface area contributed by atoms with E-state index < -0.39 is 0 Å². The van der Waals surface area contributed by atoms with Crippen molar-refractivity contribution in [3.8, 4) is 0 Å². The van der Waals surface area contributed by atoms with E-state index in [1.165, 1.54) is 49.5 Å². The smallest absolute Gasteiger partial charge is 0.134 e. The largest absolute Gasteiger partial charge is 0.461 e. The van der Waals surface area contributed by atoms with Crippen molar-refractivity contribution in [2.45, 2.75) is 71.3 Å². The van der Waals surface area contributed by atoms with Crippen LogP contribution < -0.4 is 5.73 Å². The van der Waals surface area contributed by atoms with Crippen molar-refractivity contribution in [3.63, 3.8) is 0 Å². The van der Waals surface area contributed by atoms with Crippen LogP contribution in [0.3, 0.4) is 0 Å². The molecule has 0 fully saturated rings. The van der Waals surface area contributed by atoms with Crippen LogP contribution in [0.25, 0.3) is 11.0 Å². The van der Waals surface area contributed by atoms with E-state index in [-0.39, 0.29) is 6.04 Å². The van der Waals surface area contributed by atoms with Crippen LogP contribution in [0, 0.1) is 0 Å². The van der Waals surface area contributed by atoms with Crippen molar-refractivity contribution in [2.75, 3.05) is 0 Å². The number of furan rings is 1. The maximum atomic E-state index is 6.46. The molecule has 2 heteroatoms. The fourth-order valence-corrected chi connectivity index (χ4v) is 3.07. The summed E-state index contributed by atoms with van der Waals surface area (Å²) < 4.78 is 5.95. The Morgan fingerprint density at radius 3 is 2.48 bits per heavy atom. The summed E-state index contributed by atoms with van der Waals surface area (Å²) in [5.41, 5.74) is 8.68. The van der Waals surface area contributed by atoms with Gasteiger partial charge in [0.2, 0.25) is 0 Å². The number of para-hydroxylation sites is 1. The Kier molecular flexibility index (Phi) is 6.31. The highest BCUT2D eigenvalue weighted by Crippen LogP contribution is 2.32. The highest BCUT2D eigenvalue weighted by Gasteiger charge is 2.18. The van der Waals surface area contributed by atoms with Crippen LogP contribution in [-0.4, -0.2) is 0 Å². The molecule has 1 atom stereocenters. The van der Waals surface area contributed by atoms with E-state index in [4.69, 9.17) is 10.2 Å². The lowest BCUT2D eigenvalue weighted by Gasteiger charge is -2.12. The van der Waals surface area contributed by atoms with E-state index in [0.29, 0.717) is 0 Å². The fourth-order valence-electron chi connectivity index (χ4n) is 3.07. The monoisotopic (exact) mass is 287 g/mol. The van der Waals surface area contributed by atoms with Crippen molar-refractivity contribution in [2.24, 2.45) is 5.73 Å². The Bertz CT molecular complexity index is 543. The molecular weight excluding hydrogens is 258 g/mol. The third-order valence-electron chi connectivity index (χ3n) is 4.27. The van der Waals surface area contributed by atoms with Gasteiger partial charge in [-0.05, 0) is 12.5 Å². The standard InChI is InChI=1S/C19H29NO/c1-3-5-6-7-8-9-13-16(20)19-15-12-10-11-14-18(15)21-17(19)4-2/h10-12,14,16H,3-9,13,20H2,1-2H3. The zero-order valence-corrected chi connectivity index (χ0v) is 13.5. The van der Waals surface area contributed by atoms with Crippen LogP contribution in [0.5, 0.6) is 0 Å². The summed E-state index contributed by atoms with van der Waals surface area (Å²) in [7, 11) is 0. The summed E-state index contributed by atoms with van der Waals surface area (Å²) >= 11 is 0. The molecule has 0 aliphatic heterocycles. The minimum Gasteiger partial charge on any atom is -0.461 e. The quantitative estimate of drug-likeness (QED) is 0.597. The number of nitrogens with two attached hydrogens (primary N) is 1. The number of fused-ring (bicyclic) bond motifs is 1. The minimum absolute atomic E-state index is 0.106. The molecule has 0 bridgehead atoms. The first-order valence-electron chi connectivity index (χ1n) is 8.53. The van der Waals surface area contributed by atoms with Gasteiger partial charge in [-0.25, -0.2) is 0 Å². The molecule has 2 aromatic rings. The lowest BCUT2D eigenvalue weighted by atomic mass is 9.97. The van der Waals surface area contributed by atoms with E-state index in [2.05, 4.69) is 26.0 Å². The average Bonchev–Trinajstić information content (AvgIpc) is 2.89. The molecule has 0 saturated carbocycles. The van der Waals surface area contributed by atoms with Gasteiger partial charge in [0, 0.05) is 23.4 Å². The van der Waals surface area contributed by atoms with Gasteiger partial charge in [-0.2, -0.15) is 0 Å². The van der Waals surface area contributed by atoms with Crippen molar-refractivity contribution in [1.29, 1.82) is 0 Å². The summed E-state index contributed by atoms with van der Waals surface area (Å²) in [6, 6.07) is 8.37. The van der Waals surface area contributed by atoms with Crippen LogP contribution in [0.15, 0.2) is 28.7 Å². The van der Waals surface area contributed by atoms with Crippen molar-refractivity contribution < 1.29 is 4.42 Å². The fraction of sp³-hybridized carbons (Fsp3) is 0.579. The highest BCUT2D eigenvalue weighted by molar-refractivity contribution is 5.82. The zero-order chi connectivity index (χ0) is 15.1. The van der Waals surface area contributed by atoms with Crippen LogP contribution in [-0.2, 0) is 6.42 Å². The molecule has 2 rings (SSSR count). The van der Waals surface area contributed by atoms with Gasteiger partial charge < -0.3 is 10.2 Å². The van der Waals surface area contributed by atoms with E-state index in [0.717, 1.165) is 24.2 Å². The van der Waals surface area contributed by atoms with Crippen LogP contribution in [0.2, 0.25) is 0 Å². The number of unbranched alkanes of at least 4 members (excludes halogenated alkanes) is 5. The van der Waals surface area contributed by atoms with Crippen molar-refractivity contribution in [1.82, 2.24) is 0 Å². The van der Waals surface area contributed by atoms with Gasteiger partial charge in [0.05, 0.1) is 0 Å². The lowest BCUT2D eigenvalue weighted by Crippen LogP contribution is -2.11. The normalized spacial score (nSPS) is 12.9. The molecule has 21 heavy (non-hydrogen) atoms. The van der Waals surface area contributed by atoms with Gasteiger partial charge in [-0.15, -0.1) is 0 Å². The van der Waals surface area contributed by atoms with Gasteiger partial charge in [-0.1, -0.05) is 70.6 Å². The molecule has 2 N–H and O–H groups in total. The number of hydrogen-bond donors (Lipinski definition) is 1. The molecule has 0 aliphatic rings. The Morgan fingerprint density at radius 1 is 1.00 bits per heavy atom. The molecule has 0 radical (unpaired) electrons. The molecule has 0 aliphatic carbocycles. The predicted octanol–water partition coefficient (Wildman–Crippen LogP) is 5.75. The van der Waals surface area contributed by atoms with Gasteiger partial charge in [0.1, 0.15) is 11.3 Å². The van der Waals surface area contributed by atoms with Crippen LogP contribution >= 0.6 is 0 Å². The summed E-state index contributed by atoms with van der Waals surface area (Å²) in [5.74, 6) is 1.06. The molecule has 2 nitrogen and oxygen atoms in total. The average molecular weight is 287 g/mol. The van der Waals surface area contributed by atoms with Gasteiger partial charge in [0.15, 0.2) is 0 Å². The Morgan fingerprint density at radius 2 is 1.71 bits per heavy atom. The number of rotatable bonds is 9. The maximum Gasteiger partial charge on any atom is 0.134 e. The molecule has 116 valence electrons. The van der Waals surface area contributed by atoms with Crippen molar-refractivity contribution >= 4 is 11.0 Å². The minimum atomic E-state index is 0.106. The molecular formula is C19H29NO. The summed E-state index contributed by atoms with van der Waals surface area (Å²) in [6.07, 6.45) is 9.85. The highest BCUT2D eigenvalue weighted by atomic mass is 16.3. The molecule has 0 spiro atoms. The van der Waals surface area contributed by atoms with E-state index >= 15 is 0 Å². The van der Waals surface area contributed by atoms with Gasteiger partial charge in [0.25, 0.3) is 0 Å². The Labute approximate surface area is 128 Å². The second-order valence-corrected chi connectivity index (χ2v) is 5.95. The zero-order valence-electron chi connectivity index (χ0n) is 13.5. The van der Waals surface area contributed by atoms with E-state index in [9.17, 15) is 0 Å². The third-order valence-corrected chi connectivity index (χ3v) is 4.27. The van der Waals surface area contributed by atoms with E-state index in [1.54, 1.807) is 0 Å². The number of aryl methyl sites for hydroxylation is 1. The molecule has 1 aromatic carbocycles. The molecule has 1 heterocycles. The summed E-state index contributed by atoms with van der Waals surface area (Å²) in [6.45, 7) is 4.39. The lowest BCUT2D eigenvalue weighted by molar-refractivity contribution is 0.517. The van der Waals surface area contributed by atoms with Crippen molar-refractivity contribution in [3.05, 3.63) is 35.6 Å².